The third kappa shape index (κ3) is 3.67. The molecule has 2 aliphatic heterocycles. The number of nitrogens with two attached hydrogens (primary N) is 1. The van der Waals surface area contributed by atoms with Crippen molar-refractivity contribution >= 4 is 0 Å². The molecule has 0 amide bonds. The second kappa shape index (κ2) is 6.85. The second-order valence-corrected chi connectivity index (χ2v) is 5.96. The Bertz CT molecular complexity index is 247. The normalized spacial score (nSPS) is 32.0. The van der Waals surface area contributed by atoms with Gasteiger partial charge >= 0.3 is 0 Å². The van der Waals surface area contributed by atoms with Crippen LogP contribution in [-0.2, 0) is 4.74 Å². The largest absolute Gasteiger partial charge is 0.374 e. The smallest absolute Gasteiger partial charge is 0.0829 e. The highest BCUT2D eigenvalue weighted by atomic mass is 16.5. The molecule has 0 radical (unpaired) electrons. The zero-order valence-electron chi connectivity index (χ0n) is 12.0. The molecule has 0 aromatic heterocycles. The minimum atomic E-state index is 0.369. The quantitative estimate of drug-likeness (QED) is 0.811. The van der Waals surface area contributed by atoms with Crippen LogP contribution in [0.4, 0.5) is 0 Å². The molecule has 2 aliphatic rings. The second-order valence-electron chi connectivity index (χ2n) is 5.96. The van der Waals surface area contributed by atoms with Crippen LogP contribution in [0, 0.1) is 0 Å². The molecule has 0 bridgehead atoms. The van der Waals surface area contributed by atoms with E-state index in [9.17, 15) is 0 Å². The summed E-state index contributed by atoms with van der Waals surface area (Å²) in [5, 5.41) is 0. The Balaban J connectivity index is 1.84. The minimum absolute atomic E-state index is 0.369. The molecule has 18 heavy (non-hydrogen) atoms. The number of hydrogen-bond donors (Lipinski definition) is 1. The molecule has 2 fully saturated rings. The summed E-state index contributed by atoms with van der Waals surface area (Å²) in [7, 11) is 0. The van der Waals surface area contributed by atoms with Gasteiger partial charge in [-0.2, -0.15) is 0 Å². The number of hydrogen-bond acceptors (Lipinski definition) is 4. The van der Waals surface area contributed by atoms with Crippen LogP contribution in [-0.4, -0.2) is 67.3 Å². The SMILES string of the molecule is CC(C)N1CCOC(CN2CCCCC2CN)C1. The Labute approximate surface area is 111 Å². The van der Waals surface area contributed by atoms with Crippen LogP contribution < -0.4 is 5.73 Å². The monoisotopic (exact) mass is 255 g/mol. The summed E-state index contributed by atoms with van der Waals surface area (Å²) < 4.78 is 5.93. The van der Waals surface area contributed by atoms with Gasteiger partial charge in [0.2, 0.25) is 0 Å². The summed E-state index contributed by atoms with van der Waals surface area (Å²) >= 11 is 0. The number of ether oxygens (including phenoxy) is 1. The third-order valence-corrected chi connectivity index (χ3v) is 4.36. The maximum absolute atomic E-state index is 5.93. The Morgan fingerprint density at radius 1 is 1.28 bits per heavy atom. The van der Waals surface area contributed by atoms with Crippen molar-refractivity contribution in [1.29, 1.82) is 0 Å². The lowest BCUT2D eigenvalue weighted by Gasteiger charge is -2.41. The zero-order chi connectivity index (χ0) is 13.0. The van der Waals surface area contributed by atoms with Crippen LogP contribution in [0.25, 0.3) is 0 Å². The number of nitrogens with zero attached hydrogens (tertiary/aromatic N) is 2. The first kappa shape index (κ1) is 14.3. The maximum atomic E-state index is 5.93. The van der Waals surface area contributed by atoms with Crippen molar-refractivity contribution < 1.29 is 4.74 Å². The molecule has 0 aromatic rings. The van der Waals surface area contributed by atoms with Crippen molar-refractivity contribution in [3.8, 4) is 0 Å². The minimum Gasteiger partial charge on any atom is -0.374 e. The van der Waals surface area contributed by atoms with Gasteiger partial charge in [0, 0.05) is 38.3 Å². The van der Waals surface area contributed by atoms with Gasteiger partial charge in [0.15, 0.2) is 0 Å². The average Bonchev–Trinajstić information content (AvgIpc) is 2.39. The molecule has 2 rings (SSSR count). The summed E-state index contributed by atoms with van der Waals surface area (Å²) in [5.74, 6) is 0. The molecule has 0 spiro atoms. The standard InChI is InChI=1S/C14H29N3O/c1-12(2)16-7-8-18-14(10-16)11-17-6-4-3-5-13(17)9-15/h12-14H,3-11,15H2,1-2H3. The highest BCUT2D eigenvalue weighted by Crippen LogP contribution is 2.18. The predicted octanol–water partition coefficient (Wildman–Crippen LogP) is 0.909. The fourth-order valence-corrected chi connectivity index (χ4v) is 3.15. The van der Waals surface area contributed by atoms with Gasteiger partial charge in [-0.05, 0) is 33.2 Å². The van der Waals surface area contributed by atoms with E-state index in [1.165, 1.54) is 25.8 Å². The van der Waals surface area contributed by atoms with Gasteiger partial charge in [-0.25, -0.2) is 0 Å². The van der Waals surface area contributed by atoms with E-state index < -0.39 is 0 Å². The van der Waals surface area contributed by atoms with Crippen molar-refractivity contribution in [2.45, 2.75) is 51.3 Å². The van der Waals surface area contributed by atoms with Crippen LogP contribution in [0.1, 0.15) is 33.1 Å². The Kier molecular flexibility index (Phi) is 5.42. The molecule has 0 aromatic carbocycles. The molecule has 106 valence electrons. The van der Waals surface area contributed by atoms with E-state index >= 15 is 0 Å². The van der Waals surface area contributed by atoms with E-state index in [1.54, 1.807) is 0 Å². The molecule has 0 saturated carbocycles. The molecular formula is C14H29N3O. The summed E-state index contributed by atoms with van der Waals surface area (Å²) in [6, 6.07) is 1.21. The molecule has 4 nitrogen and oxygen atoms in total. The lowest BCUT2D eigenvalue weighted by molar-refractivity contribution is -0.0594. The fraction of sp³-hybridized carbons (Fsp3) is 1.00. The van der Waals surface area contributed by atoms with E-state index in [2.05, 4.69) is 23.6 Å². The fourth-order valence-electron chi connectivity index (χ4n) is 3.15. The number of rotatable bonds is 4. The summed E-state index contributed by atoms with van der Waals surface area (Å²) in [5.41, 5.74) is 5.88. The lowest BCUT2D eigenvalue weighted by atomic mass is 10.0. The van der Waals surface area contributed by atoms with Gasteiger partial charge in [0.05, 0.1) is 12.7 Å². The van der Waals surface area contributed by atoms with E-state index in [0.29, 0.717) is 18.2 Å². The highest BCUT2D eigenvalue weighted by molar-refractivity contribution is 4.83. The van der Waals surface area contributed by atoms with Crippen molar-refractivity contribution in [3.05, 3.63) is 0 Å². The van der Waals surface area contributed by atoms with Crippen molar-refractivity contribution in [1.82, 2.24) is 9.80 Å². The van der Waals surface area contributed by atoms with Crippen LogP contribution in [0.2, 0.25) is 0 Å². The van der Waals surface area contributed by atoms with E-state index in [4.69, 9.17) is 10.5 Å². The van der Waals surface area contributed by atoms with E-state index in [1.807, 2.05) is 0 Å². The number of piperidine rings is 1. The topological polar surface area (TPSA) is 41.7 Å². The number of likely N-dealkylation sites (tertiary alicyclic amines) is 1. The van der Waals surface area contributed by atoms with Gasteiger partial charge in [0.25, 0.3) is 0 Å². The van der Waals surface area contributed by atoms with E-state index in [-0.39, 0.29) is 0 Å². The molecular weight excluding hydrogens is 226 g/mol. The third-order valence-electron chi connectivity index (χ3n) is 4.36. The molecule has 2 heterocycles. The molecule has 2 N–H and O–H groups in total. The van der Waals surface area contributed by atoms with Gasteiger partial charge in [0.1, 0.15) is 0 Å². The van der Waals surface area contributed by atoms with Gasteiger partial charge in [-0.15, -0.1) is 0 Å². The summed E-state index contributed by atoms with van der Waals surface area (Å²) in [6.07, 6.45) is 4.28. The molecule has 0 aliphatic carbocycles. The Hall–Kier alpha value is -0.160. The zero-order valence-corrected chi connectivity index (χ0v) is 12.0. The van der Waals surface area contributed by atoms with Gasteiger partial charge in [-0.3, -0.25) is 9.80 Å². The van der Waals surface area contributed by atoms with Crippen LogP contribution in [0.5, 0.6) is 0 Å². The maximum Gasteiger partial charge on any atom is 0.0829 e. The molecule has 2 unspecified atom stereocenters. The first-order valence-corrected chi connectivity index (χ1v) is 7.50. The van der Waals surface area contributed by atoms with Crippen LogP contribution in [0.3, 0.4) is 0 Å². The predicted molar refractivity (Wildman–Crippen MR) is 74.7 cm³/mol. The van der Waals surface area contributed by atoms with Crippen LogP contribution >= 0.6 is 0 Å². The van der Waals surface area contributed by atoms with Gasteiger partial charge < -0.3 is 10.5 Å². The molecule has 2 saturated heterocycles. The van der Waals surface area contributed by atoms with Gasteiger partial charge in [-0.1, -0.05) is 6.42 Å². The molecule has 2 atom stereocenters. The first-order chi connectivity index (χ1) is 8.70. The van der Waals surface area contributed by atoms with Crippen LogP contribution in [0.15, 0.2) is 0 Å². The van der Waals surface area contributed by atoms with Crippen molar-refractivity contribution in [3.63, 3.8) is 0 Å². The Morgan fingerprint density at radius 2 is 2.11 bits per heavy atom. The van der Waals surface area contributed by atoms with E-state index in [0.717, 1.165) is 32.8 Å². The summed E-state index contributed by atoms with van der Waals surface area (Å²) in [4.78, 5) is 5.08. The molecule has 4 heteroatoms. The summed E-state index contributed by atoms with van der Waals surface area (Å²) in [6.45, 7) is 10.6. The lowest BCUT2D eigenvalue weighted by Crippen LogP contribution is -2.53. The highest BCUT2D eigenvalue weighted by Gasteiger charge is 2.28. The average molecular weight is 255 g/mol. The van der Waals surface area contributed by atoms with Crippen molar-refractivity contribution in [2.24, 2.45) is 5.73 Å². The van der Waals surface area contributed by atoms with Crippen molar-refractivity contribution in [2.75, 3.05) is 39.3 Å². The number of morpholine rings is 1. The first-order valence-electron chi connectivity index (χ1n) is 7.50. The Morgan fingerprint density at radius 3 is 2.83 bits per heavy atom.